The minimum Gasteiger partial charge on any atom is -0.508 e. The highest BCUT2D eigenvalue weighted by Crippen LogP contribution is 2.19. The molecule has 1 aromatic rings. The molecule has 1 amide bonds. The Kier molecular flexibility index (Phi) is 4.33. The highest BCUT2D eigenvalue weighted by Gasteiger charge is 2.29. The molecule has 1 heterocycles. The van der Waals surface area contributed by atoms with Gasteiger partial charge in [0, 0.05) is 38.1 Å². The second-order valence-corrected chi connectivity index (χ2v) is 6.48. The van der Waals surface area contributed by atoms with Crippen molar-refractivity contribution in [1.82, 2.24) is 9.80 Å². The number of phenols is 1. The van der Waals surface area contributed by atoms with Crippen LogP contribution in [-0.4, -0.2) is 47.0 Å². The van der Waals surface area contributed by atoms with E-state index in [4.69, 9.17) is 0 Å². The molecule has 0 atom stereocenters. The predicted molar refractivity (Wildman–Crippen MR) is 79.4 cm³/mol. The lowest BCUT2D eigenvalue weighted by molar-refractivity contribution is -0.141. The van der Waals surface area contributed by atoms with Crippen LogP contribution >= 0.6 is 0 Å². The quantitative estimate of drug-likeness (QED) is 0.899. The number of piperazine rings is 1. The van der Waals surface area contributed by atoms with Crippen LogP contribution in [0.1, 0.15) is 26.3 Å². The first-order valence-electron chi connectivity index (χ1n) is 7.16. The molecule has 20 heavy (non-hydrogen) atoms. The van der Waals surface area contributed by atoms with Crippen LogP contribution in [0.4, 0.5) is 0 Å². The maximum Gasteiger partial charge on any atom is 0.228 e. The summed E-state index contributed by atoms with van der Waals surface area (Å²) >= 11 is 0. The molecule has 110 valence electrons. The second-order valence-electron chi connectivity index (χ2n) is 6.48. The van der Waals surface area contributed by atoms with Crippen molar-refractivity contribution >= 4 is 5.91 Å². The fourth-order valence-electron chi connectivity index (χ4n) is 2.44. The van der Waals surface area contributed by atoms with Crippen LogP contribution in [0, 0.1) is 5.41 Å². The van der Waals surface area contributed by atoms with Crippen molar-refractivity contribution < 1.29 is 9.90 Å². The van der Waals surface area contributed by atoms with Crippen LogP contribution in [0.2, 0.25) is 0 Å². The van der Waals surface area contributed by atoms with Crippen LogP contribution in [0.25, 0.3) is 0 Å². The second kappa shape index (κ2) is 5.83. The van der Waals surface area contributed by atoms with Crippen molar-refractivity contribution in [2.45, 2.75) is 27.3 Å². The number of nitrogens with zero attached hydrogens (tertiary/aromatic N) is 2. The Morgan fingerprint density at radius 1 is 1.10 bits per heavy atom. The van der Waals surface area contributed by atoms with Crippen molar-refractivity contribution in [1.29, 1.82) is 0 Å². The first-order chi connectivity index (χ1) is 9.36. The van der Waals surface area contributed by atoms with Crippen LogP contribution < -0.4 is 0 Å². The van der Waals surface area contributed by atoms with Gasteiger partial charge < -0.3 is 10.0 Å². The molecule has 0 unspecified atom stereocenters. The zero-order valence-electron chi connectivity index (χ0n) is 12.6. The molecule has 4 nitrogen and oxygen atoms in total. The molecule has 0 radical (unpaired) electrons. The van der Waals surface area contributed by atoms with Crippen LogP contribution in [-0.2, 0) is 11.3 Å². The van der Waals surface area contributed by atoms with E-state index in [0.29, 0.717) is 5.75 Å². The summed E-state index contributed by atoms with van der Waals surface area (Å²) in [5.74, 6) is 0.538. The smallest absolute Gasteiger partial charge is 0.228 e. The number of carbonyl (C=O) groups is 1. The number of rotatable bonds is 2. The molecule has 0 aromatic heterocycles. The third kappa shape index (κ3) is 3.73. The van der Waals surface area contributed by atoms with E-state index in [1.807, 2.05) is 37.8 Å². The molecule has 0 saturated carbocycles. The van der Waals surface area contributed by atoms with Gasteiger partial charge in [0.05, 0.1) is 0 Å². The maximum absolute atomic E-state index is 12.2. The Morgan fingerprint density at radius 3 is 2.15 bits per heavy atom. The van der Waals surface area contributed by atoms with Gasteiger partial charge in [-0.2, -0.15) is 0 Å². The highest BCUT2D eigenvalue weighted by molar-refractivity contribution is 5.81. The summed E-state index contributed by atoms with van der Waals surface area (Å²) in [6.45, 7) is 10.2. The lowest BCUT2D eigenvalue weighted by Gasteiger charge is -2.37. The molecule has 0 aliphatic carbocycles. The van der Waals surface area contributed by atoms with Gasteiger partial charge in [0.1, 0.15) is 5.75 Å². The van der Waals surface area contributed by atoms with E-state index in [0.717, 1.165) is 32.7 Å². The van der Waals surface area contributed by atoms with Gasteiger partial charge in [0.25, 0.3) is 0 Å². The Morgan fingerprint density at radius 2 is 1.65 bits per heavy atom. The fourth-order valence-corrected chi connectivity index (χ4v) is 2.44. The minimum atomic E-state index is -0.293. The third-order valence-corrected chi connectivity index (χ3v) is 3.64. The number of carbonyl (C=O) groups excluding carboxylic acids is 1. The molecule has 1 aliphatic rings. The lowest BCUT2D eigenvalue weighted by atomic mass is 9.94. The number of amides is 1. The van der Waals surface area contributed by atoms with Crippen LogP contribution in [0.5, 0.6) is 5.75 Å². The molecule has 0 bridgehead atoms. The summed E-state index contributed by atoms with van der Waals surface area (Å²) in [6, 6.07) is 7.33. The number of hydrogen-bond acceptors (Lipinski definition) is 3. The Bertz CT molecular complexity index is 454. The molecule has 1 aliphatic heterocycles. The minimum absolute atomic E-state index is 0.238. The first-order valence-corrected chi connectivity index (χ1v) is 7.16. The van der Waals surface area contributed by atoms with Crippen molar-refractivity contribution in [3.8, 4) is 5.75 Å². The molecule has 1 fully saturated rings. The maximum atomic E-state index is 12.2. The summed E-state index contributed by atoms with van der Waals surface area (Å²) in [7, 11) is 0. The molecule has 1 aromatic carbocycles. The SMILES string of the molecule is CC(C)(C)C(=O)N1CCN(Cc2ccc(O)cc2)CC1. The van der Waals surface area contributed by atoms with E-state index in [9.17, 15) is 9.90 Å². The molecule has 1 saturated heterocycles. The number of phenolic OH excluding ortho intramolecular Hbond substituents is 1. The van der Waals surface area contributed by atoms with E-state index in [1.165, 1.54) is 5.56 Å². The average molecular weight is 276 g/mol. The van der Waals surface area contributed by atoms with E-state index in [-0.39, 0.29) is 11.3 Å². The van der Waals surface area contributed by atoms with Crippen LogP contribution in [0.3, 0.4) is 0 Å². The zero-order chi connectivity index (χ0) is 14.8. The molecule has 1 N–H and O–H groups in total. The third-order valence-electron chi connectivity index (χ3n) is 3.64. The fraction of sp³-hybridized carbons (Fsp3) is 0.562. The Hall–Kier alpha value is -1.55. The van der Waals surface area contributed by atoms with Gasteiger partial charge in [-0.05, 0) is 17.7 Å². The number of aromatic hydroxyl groups is 1. The summed E-state index contributed by atoms with van der Waals surface area (Å²) in [5, 5.41) is 9.28. The van der Waals surface area contributed by atoms with Gasteiger partial charge in [0.2, 0.25) is 5.91 Å². The molecular formula is C16H24N2O2. The summed E-state index contributed by atoms with van der Waals surface area (Å²) in [5.41, 5.74) is 0.900. The van der Waals surface area contributed by atoms with Gasteiger partial charge in [-0.25, -0.2) is 0 Å². The van der Waals surface area contributed by atoms with Gasteiger partial charge in [-0.15, -0.1) is 0 Å². The normalized spacial score (nSPS) is 17.2. The van der Waals surface area contributed by atoms with Crippen molar-refractivity contribution in [2.75, 3.05) is 26.2 Å². The summed E-state index contributed by atoms with van der Waals surface area (Å²) in [6.07, 6.45) is 0. The molecule has 4 heteroatoms. The topological polar surface area (TPSA) is 43.8 Å². The monoisotopic (exact) mass is 276 g/mol. The lowest BCUT2D eigenvalue weighted by Crippen LogP contribution is -2.51. The predicted octanol–water partition coefficient (Wildman–Crippen LogP) is 2.08. The Labute approximate surface area is 121 Å². The van der Waals surface area contributed by atoms with E-state index >= 15 is 0 Å². The number of benzene rings is 1. The summed E-state index contributed by atoms with van der Waals surface area (Å²) < 4.78 is 0. The average Bonchev–Trinajstić information content (AvgIpc) is 2.40. The largest absolute Gasteiger partial charge is 0.508 e. The first kappa shape index (κ1) is 14.9. The van der Waals surface area contributed by atoms with Gasteiger partial charge in [-0.1, -0.05) is 32.9 Å². The van der Waals surface area contributed by atoms with Crippen LogP contribution in [0.15, 0.2) is 24.3 Å². The molecule has 0 spiro atoms. The van der Waals surface area contributed by atoms with Crippen molar-refractivity contribution in [2.24, 2.45) is 5.41 Å². The van der Waals surface area contributed by atoms with Gasteiger partial charge in [0.15, 0.2) is 0 Å². The van der Waals surface area contributed by atoms with Crippen molar-refractivity contribution in [3.05, 3.63) is 29.8 Å². The molecular weight excluding hydrogens is 252 g/mol. The zero-order valence-corrected chi connectivity index (χ0v) is 12.6. The van der Waals surface area contributed by atoms with E-state index in [2.05, 4.69) is 4.90 Å². The highest BCUT2D eigenvalue weighted by atomic mass is 16.3. The standard InChI is InChI=1S/C16H24N2O2/c1-16(2,3)15(20)18-10-8-17(9-11-18)12-13-4-6-14(19)7-5-13/h4-7,19H,8-12H2,1-3H3. The van der Waals surface area contributed by atoms with Gasteiger partial charge in [-0.3, -0.25) is 9.69 Å². The van der Waals surface area contributed by atoms with E-state index < -0.39 is 0 Å². The van der Waals surface area contributed by atoms with Gasteiger partial charge >= 0.3 is 0 Å². The van der Waals surface area contributed by atoms with E-state index in [1.54, 1.807) is 12.1 Å². The molecule has 2 rings (SSSR count). The Balaban J connectivity index is 1.85. The van der Waals surface area contributed by atoms with Crippen molar-refractivity contribution in [3.63, 3.8) is 0 Å². The summed E-state index contributed by atoms with van der Waals surface area (Å²) in [4.78, 5) is 16.5. The number of hydrogen-bond donors (Lipinski definition) is 1.